The van der Waals surface area contributed by atoms with E-state index in [4.69, 9.17) is 28.4 Å². The second-order valence-electron chi connectivity index (χ2n) is 20.8. The van der Waals surface area contributed by atoms with E-state index in [0.29, 0.717) is 12.8 Å². The molecule has 0 aliphatic carbocycles. The molecule has 0 amide bonds. The first-order chi connectivity index (χ1) is 36.0. The SMILES string of the molecule is CCCCC/C=C/C/C=C/CCCCCCCCCCCC(=O)O[C@@H](COC(=O)CCCCCCCCCCC/C=C/CCCCCCCC)CO[C@@H]1O[C@H](CO[C@@H]2O[C@H](CO)[C@H](O)C(O)C2O)[C@H](O)C(O)C1O. The zero-order valence-electron chi connectivity index (χ0n) is 46.1. The zero-order chi connectivity index (χ0) is 53.9. The van der Waals surface area contributed by atoms with E-state index in [-0.39, 0.29) is 26.1 Å². The van der Waals surface area contributed by atoms with E-state index in [0.717, 1.165) is 57.8 Å². The predicted molar refractivity (Wildman–Crippen MR) is 289 cm³/mol. The van der Waals surface area contributed by atoms with Crippen LogP contribution < -0.4 is 0 Å². The topological polar surface area (TPSA) is 231 Å². The molecule has 0 radical (unpaired) electrons. The Morgan fingerprint density at radius 3 is 1.30 bits per heavy atom. The highest BCUT2D eigenvalue weighted by Crippen LogP contribution is 2.27. The van der Waals surface area contributed by atoms with Gasteiger partial charge in [0.15, 0.2) is 18.7 Å². The maximum absolute atomic E-state index is 13.1. The molecule has 4 unspecified atom stereocenters. The number of ether oxygens (including phenoxy) is 6. The molecule has 11 atom stereocenters. The third-order valence-electron chi connectivity index (χ3n) is 14.1. The number of rotatable bonds is 47. The van der Waals surface area contributed by atoms with E-state index >= 15 is 0 Å². The summed E-state index contributed by atoms with van der Waals surface area (Å²) in [4.78, 5) is 25.9. The van der Waals surface area contributed by atoms with Crippen molar-refractivity contribution in [2.45, 2.75) is 300 Å². The van der Waals surface area contributed by atoms with Crippen LogP contribution in [-0.2, 0) is 38.0 Å². The maximum Gasteiger partial charge on any atom is 0.306 e. The van der Waals surface area contributed by atoms with Gasteiger partial charge in [-0.15, -0.1) is 0 Å². The van der Waals surface area contributed by atoms with Crippen molar-refractivity contribution in [3.63, 3.8) is 0 Å². The molecule has 15 heteroatoms. The van der Waals surface area contributed by atoms with E-state index in [2.05, 4.69) is 50.3 Å². The summed E-state index contributed by atoms with van der Waals surface area (Å²) in [5.41, 5.74) is 0. The Hall–Kier alpha value is -2.28. The van der Waals surface area contributed by atoms with Crippen LogP contribution in [0.5, 0.6) is 0 Å². The Bertz CT molecular complexity index is 1430. The highest BCUT2D eigenvalue weighted by molar-refractivity contribution is 5.70. The summed E-state index contributed by atoms with van der Waals surface area (Å²) < 4.78 is 33.7. The lowest BCUT2D eigenvalue weighted by Crippen LogP contribution is -2.61. The van der Waals surface area contributed by atoms with Gasteiger partial charge in [0.1, 0.15) is 55.4 Å². The van der Waals surface area contributed by atoms with Crippen molar-refractivity contribution >= 4 is 11.9 Å². The van der Waals surface area contributed by atoms with E-state index < -0.39 is 92.7 Å². The summed E-state index contributed by atoms with van der Waals surface area (Å²) in [6.45, 7) is 2.59. The van der Waals surface area contributed by atoms with Crippen LogP contribution in [-0.4, -0.2) is 142 Å². The predicted octanol–water partition coefficient (Wildman–Crippen LogP) is 10.1. The first kappa shape index (κ1) is 67.8. The van der Waals surface area contributed by atoms with Crippen LogP contribution in [0.1, 0.15) is 232 Å². The Morgan fingerprint density at radius 2 is 0.811 bits per heavy atom. The molecule has 7 N–H and O–H groups in total. The molecular formula is C59H106O15. The third-order valence-corrected chi connectivity index (χ3v) is 14.1. The van der Waals surface area contributed by atoms with Gasteiger partial charge in [0.2, 0.25) is 0 Å². The van der Waals surface area contributed by atoms with Gasteiger partial charge in [0, 0.05) is 12.8 Å². The number of aliphatic hydroxyl groups excluding tert-OH is 7. The van der Waals surface area contributed by atoms with Gasteiger partial charge in [-0.3, -0.25) is 9.59 Å². The number of allylic oxidation sites excluding steroid dienone is 6. The summed E-state index contributed by atoms with van der Waals surface area (Å²) in [5.74, 6) is -0.924. The smallest absolute Gasteiger partial charge is 0.306 e. The minimum Gasteiger partial charge on any atom is -0.462 e. The normalized spacial score (nSPS) is 24.9. The summed E-state index contributed by atoms with van der Waals surface area (Å²) in [6.07, 6.45) is 34.4. The Morgan fingerprint density at radius 1 is 0.432 bits per heavy atom. The average molecular weight is 1060 g/mol. The second-order valence-corrected chi connectivity index (χ2v) is 20.8. The molecule has 2 rings (SSSR count). The molecule has 2 fully saturated rings. The number of hydrogen-bond acceptors (Lipinski definition) is 15. The van der Waals surface area contributed by atoms with Crippen molar-refractivity contribution in [3.05, 3.63) is 36.5 Å². The maximum atomic E-state index is 13.1. The van der Waals surface area contributed by atoms with Gasteiger partial charge in [-0.25, -0.2) is 0 Å². The monoisotopic (exact) mass is 1050 g/mol. The molecule has 0 bridgehead atoms. The van der Waals surface area contributed by atoms with Crippen molar-refractivity contribution in [2.75, 3.05) is 26.4 Å². The van der Waals surface area contributed by atoms with Gasteiger partial charge >= 0.3 is 11.9 Å². The largest absolute Gasteiger partial charge is 0.462 e. The molecule has 2 heterocycles. The first-order valence-corrected chi connectivity index (χ1v) is 29.6. The van der Waals surface area contributed by atoms with Gasteiger partial charge in [-0.1, -0.05) is 185 Å². The van der Waals surface area contributed by atoms with Crippen LogP contribution in [0.15, 0.2) is 36.5 Å². The van der Waals surface area contributed by atoms with Crippen molar-refractivity contribution in [1.29, 1.82) is 0 Å². The highest BCUT2D eigenvalue weighted by Gasteiger charge is 2.47. The van der Waals surface area contributed by atoms with Gasteiger partial charge in [0.05, 0.1) is 19.8 Å². The minimum atomic E-state index is -1.77. The number of aliphatic hydroxyl groups is 7. The van der Waals surface area contributed by atoms with Crippen LogP contribution in [0, 0.1) is 0 Å². The fraction of sp³-hybridized carbons (Fsp3) is 0.864. The fourth-order valence-electron chi connectivity index (χ4n) is 9.24. The van der Waals surface area contributed by atoms with E-state index in [1.807, 2.05) is 0 Å². The number of carbonyl (C=O) groups excluding carboxylic acids is 2. The Balaban J connectivity index is 1.75. The van der Waals surface area contributed by atoms with Crippen molar-refractivity contribution in [2.24, 2.45) is 0 Å². The lowest BCUT2D eigenvalue weighted by molar-refractivity contribution is -0.332. The number of carbonyl (C=O) groups is 2. The average Bonchev–Trinajstić information content (AvgIpc) is 3.39. The summed E-state index contributed by atoms with van der Waals surface area (Å²) in [7, 11) is 0. The molecule has 432 valence electrons. The molecule has 0 aromatic carbocycles. The standard InChI is InChI=1S/C59H106O15/c1-3-5-7-9-11-13-15-17-19-21-23-25-27-29-31-33-35-37-39-41-50(61)69-44-47(72-51(62)42-40-38-36-34-32-30-28-26-24-22-20-18-16-14-12-10-8-6-4-2)45-70-58-57(68)55(66)53(64)49(74-58)46-71-59-56(67)54(65)52(63)48(43-60)73-59/h12,14,17-20,47-49,52-60,63-68H,3-11,13,15-16,21-46H2,1-2H3/b14-12+,19-17+,20-18+/t47-,48+,49+,52-,53-,54?,55?,56?,57?,58+,59+/m0/s1. The van der Waals surface area contributed by atoms with Crippen molar-refractivity contribution < 1.29 is 73.8 Å². The van der Waals surface area contributed by atoms with Crippen molar-refractivity contribution in [3.8, 4) is 0 Å². The third kappa shape index (κ3) is 32.5. The van der Waals surface area contributed by atoms with Crippen LogP contribution in [0.25, 0.3) is 0 Å². The lowest BCUT2D eigenvalue weighted by atomic mass is 9.98. The molecule has 0 aromatic rings. The zero-order valence-corrected chi connectivity index (χ0v) is 46.1. The molecule has 2 saturated heterocycles. The number of esters is 2. The number of hydrogen-bond donors (Lipinski definition) is 7. The van der Waals surface area contributed by atoms with Gasteiger partial charge in [-0.2, -0.15) is 0 Å². The highest BCUT2D eigenvalue weighted by atomic mass is 16.7. The van der Waals surface area contributed by atoms with Crippen LogP contribution in [0.4, 0.5) is 0 Å². The van der Waals surface area contributed by atoms with E-state index in [1.54, 1.807) is 0 Å². The molecule has 15 nitrogen and oxygen atoms in total. The summed E-state index contributed by atoms with van der Waals surface area (Å²) in [5, 5.41) is 72.3. The Labute approximate surface area is 446 Å². The Kier molecular flexibility index (Phi) is 41.9. The molecule has 0 saturated carbocycles. The minimum absolute atomic E-state index is 0.161. The van der Waals surface area contributed by atoms with Crippen LogP contribution in [0.3, 0.4) is 0 Å². The van der Waals surface area contributed by atoms with Crippen LogP contribution >= 0.6 is 0 Å². The van der Waals surface area contributed by atoms with Crippen LogP contribution in [0.2, 0.25) is 0 Å². The molecular weight excluding hydrogens is 949 g/mol. The number of unbranched alkanes of at least 4 members (excludes halogenated alkanes) is 27. The first-order valence-electron chi connectivity index (χ1n) is 29.6. The quantitative estimate of drug-likeness (QED) is 0.0171. The molecule has 0 spiro atoms. The van der Waals surface area contributed by atoms with Crippen molar-refractivity contribution in [1.82, 2.24) is 0 Å². The fourth-order valence-corrected chi connectivity index (χ4v) is 9.24. The van der Waals surface area contributed by atoms with Gasteiger partial charge in [-0.05, 0) is 70.6 Å². The summed E-state index contributed by atoms with van der Waals surface area (Å²) >= 11 is 0. The van der Waals surface area contributed by atoms with Gasteiger partial charge in [0.25, 0.3) is 0 Å². The lowest BCUT2D eigenvalue weighted by Gasteiger charge is -2.42. The molecule has 0 aromatic heterocycles. The van der Waals surface area contributed by atoms with Gasteiger partial charge < -0.3 is 64.2 Å². The second kappa shape index (κ2) is 45.7. The van der Waals surface area contributed by atoms with E-state index in [1.165, 1.54) is 135 Å². The molecule has 2 aliphatic rings. The summed E-state index contributed by atoms with van der Waals surface area (Å²) in [6, 6.07) is 0. The molecule has 2 aliphatic heterocycles. The molecule has 74 heavy (non-hydrogen) atoms. The van der Waals surface area contributed by atoms with E-state index in [9.17, 15) is 45.3 Å².